The molecule has 2 atom stereocenters. The van der Waals surface area contributed by atoms with Crippen molar-refractivity contribution in [3.8, 4) is 0 Å². The molecule has 1 aliphatic heterocycles. The van der Waals surface area contributed by atoms with Crippen LogP contribution in [0.25, 0.3) is 0 Å². The first-order chi connectivity index (χ1) is 7.31. The second-order valence-electron chi connectivity index (χ2n) is 4.53. The van der Waals surface area contributed by atoms with E-state index in [0.29, 0.717) is 12.2 Å². The maximum absolute atomic E-state index is 5.94. The summed E-state index contributed by atoms with van der Waals surface area (Å²) in [5.41, 5.74) is 1.57. The third kappa shape index (κ3) is 3.98. The highest BCUT2D eigenvalue weighted by Gasteiger charge is 2.23. The Morgan fingerprint density at radius 2 is 1.87 bits per heavy atom. The fourth-order valence-corrected chi connectivity index (χ4v) is 2.26. The van der Waals surface area contributed by atoms with E-state index in [-0.39, 0.29) is 0 Å². The molecule has 0 spiro atoms. The van der Waals surface area contributed by atoms with Crippen LogP contribution >= 0.6 is 0 Å². The van der Waals surface area contributed by atoms with Crippen LogP contribution in [0.2, 0.25) is 0 Å². The van der Waals surface area contributed by atoms with E-state index in [0.717, 1.165) is 12.8 Å². The van der Waals surface area contributed by atoms with E-state index in [9.17, 15) is 0 Å². The third-order valence-electron chi connectivity index (χ3n) is 3.24. The lowest BCUT2D eigenvalue weighted by molar-refractivity contribution is 0.0515. The van der Waals surface area contributed by atoms with Crippen LogP contribution < -0.4 is 0 Å². The minimum atomic E-state index is 0.399. The van der Waals surface area contributed by atoms with Gasteiger partial charge in [-0.3, -0.25) is 0 Å². The average Bonchev–Trinajstić information content (AvgIpc) is 2.67. The van der Waals surface area contributed by atoms with E-state index in [4.69, 9.17) is 4.74 Å². The highest BCUT2D eigenvalue weighted by molar-refractivity contribution is 5.16. The monoisotopic (exact) mass is 210 g/mol. The number of hydrogen-bond donors (Lipinski definition) is 0. The van der Waals surface area contributed by atoms with Crippen molar-refractivity contribution >= 4 is 0 Å². The van der Waals surface area contributed by atoms with Gasteiger partial charge in [0.1, 0.15) is 0 Å². The number of ether oxygens (including phenoxy) is 1. The smallest absolute Gasteiger partial charge is 0.0791 e. The molecule has 0 saturated carbocycles. The molecule has 1 rings (SSSR count). The molecular weight excluding hydrogens is 184 g/mol. The lowest BCUT2D eigenvalue weighted by Gasteiger charge is -2.14. The molecule has 1 heterocycles. The molecule has 88 valence electrons. The zero-order chi connectivity index (χ0) is 11.1. The quantitative estimate of drug-likeness (QED) is 0.445. The van der Waals surface area contributed by atoms with Gasteiger partial charge in [-0.15, -0.1) is 0 Å². The molecule has 0 fully saturated rings. The van der Waals surface area contributed by atoms with Crippen molar-refractivity contribution in [1.82, 2.24) is 0 Å². The summed E-state index contributed by atoms with van der Waals surface area (Å²) in [5, 5.41) is 0. The molecule has 0 saturated heterocycles. The predicted octanol–water partition coefficient (Wildman–Crippen LogP) is 4.47. The Bertz CT molecular complexity index is 196. The molecule has 1 heteroatoms. The predicted molar refractivity (Wildman–Crippen MR) is 66.1 cm³/mol. The van der Waals surface area contributed by atoms with Crippen LogP contribution in [0.5, 0.6) is 0 Å². The van der Waals surface area contributed by atoms with E-state index in [2.05, 4.69) is 26.8 Å². The van der Waals surface area contributed by atoms with Gasteiger partial charge >= 0.3 is 0 Å². The van der Waals surface area contributed by atoms with Crippen LogP contribution in [0.15, 0.2) is 11.6 Å². The number of rotatable bonds is 7. The van der Waals surface area contributed by atoms with Gasteiger partial charge in [0.05, 0.1) is 12.2 Å². The zero-order valence-corrected chi connectivity index (χ0v) is 10.6. The molecule has 0 aromatic heterocycles. The van der Waals surface area contributed by atoms with Crippen molar-refractivity contribution in [2.75, 3.05) is 0 Å². The average molecular weight is 210 g/mol. The Morgan fingerprint density at radius 3 is 2.47 bits per heavy atom. The summed E-state index contributed by atoms with van der Waals surface area (Å²) in [7, 11) is 0. The number of hydrogen-bond acceptors (Lipinski definition) is 1. The van der Waals surface area contributed by atoms with E-state index in [1.54, 1.807) is 5.57 Å². The molecule has 0 amide bonds. The van der Waals surface area contributed by atoms with Gasteiger partial charge < -0.3 is 4.74 Å². The first kappa shape index (κ1) is 12.8. The van der Waals surface area contributed by atoms with Crippen LogP contribution in [0, 0.1) is 0 Å². The molecule has 0 aromatic carbocycles. The van der Waals surface area contributed by atoms with Crippen LogP contribution in [0.3, 0.4) is 0 Å². The molecule has 0 radical (unpaired) electrons. The molecule has 0 aromatic rings. The summed E-state index contributed by atoms with van der Waals surface area (Å²) >= 11 is 0. The Kier molecular flexibility index (Phi) is 6.00. The van der Waals surface area contributed by atoms with Gasteiger partial charge in [-0.2, -0.15) is 0 Å². The van der Waals surface area contributed by atoms with E-state index in [1.807, 2.05) is 0 Å². The third-order valence-corrected chi connectivity index (χ3v) is 3.24. The van der Waals surface area contributed by atoms with Crippen molar-refractivity contribution in [2.45, 2.75) is 77.9 Å². The lowest BCUT2D eigenvalue weighted by Crippen LogP contribution is -2.12. The van der Waals surface area contributed by atoms with Gasteiger partial charge in [0.2, 0.25) is 0 Å². The van der Waals surface area contributed by atoms with E-state index in [1.165, 1.54) is 32.1 Å². The van der Waals surface area contributed by atoms with Crippen molar-refractivity contribution in [1.29, 1.82) is 0 Å². The molecule has 1 nitrogen and oxygen atoms in total. The fraction of sp³-hybridized carbons (Fsp3) is 0.857. The summed E-state index contributed by atoms with van der Waals surface area (Å²) in [6.45, 7) is 6.69. The zero-order valence-electron chi connectivity index (χ0n) is 10.6. The van der Waals surface area contributed by atoms with Gasteiger partial charge in [0, 0.05) is 0 Å². The molecular formula is C14H26O. The summed E-state index contributed by atoms with van der Waals surface area (Å²) in [5.74, 6) is 0. The Morgan fingerprint density at radius 1 is 1.07 bits per heavy atom. The summed E-state index contributed by atoms with van der Waals surface area (Å²) < 4.78 is 5.94. The molecule has 1 aliphatic rings. The maximum Gasteiger partial charge on any atom is 0.0791 e. The lowest BCUT2D eigenvalue weighted by atomic mass is 10.0. The van der Waals surface area contributed by atoms with Gasteiger partial charge in [0.15, 0.2) is 0 Å². The topological polar surface area (TPSA) is 9.23 Å². The standard InChI is InChI=1S/C14H26O/c1-4-7-8-9-10-12-11-13(5-2)15-14(12)6-3/h11,13-14H,4-10H2,1-3H3. The molecule has 2 unspecified atom stereocenters. The second kappa shape index (κ2) is 7.05. The number of unbranched alkanes of at least 4 members (excludes halogenated alkanes) is 3. The minimum absolute atomic E-state index is 0.399. The van der Waals surface area contributed by atoms with Crippen LogP contribution in [-0.4, -0.2) is 12.2 Å². The van der Waals surface area contributed by atoms with Gasteiger partial charge in [-0.05, 0) is 31.3 Å². The van der Waals surface area contributed by atoms with Crippen LogP contribution in [0.1, 0.15) is 65.7 Å². The van der Waals surface area contributed by atoms with Crippen LogP contribution in [-0.2, 0) is 4.74 Å². The Labute approximate surface area is 94.9 Å². The maximum atomic E-state index is 5.94. The SMILES string of the molecule is CCCCCCC1=CC(CC)OC1CC. The van der Waals surface area contributed by atoms with Gasteiger partial charge in [-0.1, -0.05) is 46.1 Å². The van der Waals surface area contributed by atoms with Crippen molar-refractivity contribution < 1.29 is 4.74 Å². The minimum Gasteiger partial charge on any atom is -0.367 e. The summed E-state index contributed by atoms with van der Waals surface area (Å²) in [4.78, 5) is 0. The Balaban J connectivity index is 2.30. The second-order valence-corrected chi connectivity index (χ2v) is 4.53. The van der Waals surface area contributed by atoms with E-state index < -0.39 is 0 Å². The van der Waals surface area contributed by atoms with E-state index >= 15 is 0 Å². The van der Waals surface area contributed by atoms with Gasteiger partial charge in [-0.25, -0.2) is 0 Å². The van der Waals surface area contributed by atoms with Crippen LogP contribution in [0.4, 0.5) is 0 Å². The highest BCUT2D eigenvalue weighted by atomic mass is 16.5. The Hall–Kier alpha value is -0.300. The van der Waals surface area contributed by atoms with Crippen molar-refractivity contribution in [3.05, 3.63) is 11.6 Å². The largest absolute Gasteiger partial charge is 0.367 e. The summed E-state index contributed by atoms with van der Waals surface area (Å²) in [6, 6.07) is 0. The highest BCUT2D eigenvalue weighted by Crippen LogP contribution is 2.27. The molecule has 0 bridgehead atoms. The molecule has 15 heavy (non-hydrogen) atoms. The van der Waals surface area contributed by atoms with Crippen molar-refractivity contribution in [3.63, 3.8) is 0 Å². The first-order valence-corrected chi connectivity index (χ1v) is 6.67. The van der Waals surface area contributed by atoms with Crippen molar-refractivity contribution in [2.24, 2.45) is 0 Å². The molecule has 0 aliphatic carbocycles. The fourth-order valence-electron chi connectivity index (χ4n) is 2.26. The first-order valence-electron chi connectivity index (χ1n) is 6.67. The summed E-state index contributed by atoms with van der Waals surface area (Å²) in [6.07, 6.45) is 12.1. The normalized spacial score (nSPS) is 25.7. The molecule has 0 N–H and O–H groups in total. The van der Waals surface area contributed by atoms with Gasteiger partial charge in [0.25, 0.3) is 0 Å².